The summed E-state index contributed by atoms with van der Waals surface area (Å²) in [7, 11) is 0. The van der Waals surface area contributed by atoms with Crippen LogP contribution >= 0.6 is 0 Å². The zero-order valence-electron chi connectivity index (χ0n) is 10.1. The van der Waals surface area contributed by atoms with Crippen LogP contribution in [0.15, 0.2) is 30.3 Å². The number of hydrogen-bond donors (Lipinski definition) is 0. The van der Waals surface area contributed by atoms with Crippen molar-refractivity contribution in [3.05, 3.63) is 35.9 Å². The number of benzene rings is 1. The van der Waals surface area contributed by atoms with Crippen molar-refractivity contribution in [2.24, 2.45) is 0 Å². The van der Waals surface area contributed by atoms with E-state index in [-0.39, 0.29) is 25.9 Å². The summed E-state index contributed by atoms with van der Waals surface area (Å²) in [4.78, 5) is 2.52. The van der Waals surface area contributed by atoms with E-state index in [1.807, 2.05) is 0 Å². The molecule has 1 aliphatic heterocycles. The summed E-state index contributed by atoms with van der Waals surface area (Å²) >= 11 is 0. The summed E-state index contributed by atoms with van der Waals surface area (Å²) in [5.41, 5.74) is 1.44. The van der Waals surface area contributed by atoms with Gasteiger partial charge in [-0.3, -0.25) is 4.90 Å². The summed E-state index contributed by atoms with van der Waals surface area (Å²) in [6.07, 6.45) is 2.76. The van der Waals surface area contributed by atoms with E-state index in [4.69, 9.17) is 0 Å². The Hall–Kier alpha value is -0.0538. The van der Waals surface area contributed by atoms with Gasteiger partial charge in [-0.15, -0.1) is 0 Å². The molecule has 0 aliphatic carbocycles. The van der Waals surface area contributed by atoms with Crippen LogP contribution in [0.3, 0.4) is 0 Å². The van der Waals surface area contributed by atoms with Gasteiger partial charge in [-0.25, -0.2) is 0 Å². The van der Waals surface area contributed by atoms with Gasteiger partial charge in [0.25, 0.3) is 0 Å². The largest absolute Gasteiger partial charge is 2.00 e. The second-order valence-electron chi connectivity index (χ2n) is 3.47. The number of nitrogens with zero attached hydrogens (tertiary/aromatic N) is 1. The van der Waals surface area contributed by atoms with Gasteiger partial charge in [-0.1, -0.05) is 30.3 Å². The molecule has 0 saturated carbocycles. The van der Waals surface area contributed by atoms with Crippen LogP contribution in [0, 0.1) is 0 Å². The second kappa shape index (κ2) is 5.63. The Kier molecular flexibility index (Phi) is 4.77. The van der Waals surface area contributed by atoms with Gasteiger partial charge in [-0.05, 0) is 31.5 Å². The maximum absolute atomic E-state index is 2.52. The van der Waals surface area contributed by atoms with Crippen molar-refractivity contribution >= 4 is 23.1 Å². The smallest absolute Gasteiger partial charge is 1.00 e. The molecule has 1 aromatic carbocycles. The number of likely N-dealkylation sites (tertiary alicyclic amines) is 1. The van der Waals surface area contributed by atoms with Gasteiger partial charge < -0.3 is 2.85 Å². The molecule has 2 heteroatoms. The zero-order chi connectivity index (χ0) is 8.23. The molecule has 1 aromatic rings. The summed E-state index contributed by atoms with van der Waals surface area (Å²) < 4.78 is 0. The van der Waals surface area contributed by atoms with Crippen molar-refractivity contribution in [1.29, 1.82) is 0 Å². The van der Waals surface area contributed by atoms with Crippen LogP contribution in [0.1, 0.15) is 21.3 Å². The van der Waals surface area contributed by atoms with Gasteiger partial charge in [-0.2, -0.15) is 0 Å². The maximum Gasteiger partial charge on any atom is 2.00 e. The Morgan fingerprint density at radius 3 is 2.31 bits per heavy atom. The quantitative estimate of drug-likeness (QED) is 0.641. The Labute approximate surface area is 99.2 Å². The number of rotatable bonds is 2. The molecule has 0 N–H and O–H groups in total. The van der Waals surface area contributed by atoms with Crippen molar-refractivity contribution in [3.63, 3.8) is 0 Å². The van der Waals surface area contributed by atoms with Crippen molar-refractivity contribution in [1.82, 2.24) is 4.90 Å². The molecule has 0 spiro atoms. The van der Waals surface area contributed by atoms with Crippen molar-refractivity contribution < 1.29 is 2.85 Å². The van der Waals surface area contributed by atoms with Crippen molar-refractivity contribution in [2.45, 2.75) is 19.4 Å². The molecular weight excluding hydrogens is 170 g/mol. The first-order chi connectivity index (χ1) is 5.95. The van der Waals surface area contributed by atoms with Crippen LogP contribution in [0.25, 0.3) is 0 Å². The topological polar surface area (TPSA) is 3.24 Å². The van der Waals surface area contributed by atoms with E-state index in [2.05, 4.69) is 35.2 Å². The molecule has 0 radical (unpaired) electrons. The van der Waals surface area contributed by atoms with Crippen molar-refractivity contribution in [3.8, 4) is 0 Å². The molecular formula is C11H17MgN. The van der Waals surface area contributed by atoms with Gasteiger partial charge in [0, 0.05) is 6.54 Å². The standard InChI is InChI=1S/C11H15N.Mg.2H/c1-2-6-11(7-3-1)10-12-8-4-5-9-12;;;/h1-3,6-7H,4-5,8-10H2;;;/q;+2;2*-1. The molecule has 0 aromatic heterocycles. The Bertz CT molecular complexity index is 238. The van der Waals surface area contributed by atoms with Gasteiger partial charge in [0.1, 0.15) is 0 Å². The molecule has 1 saturated heterocycles. The van der Waals surface area contributed by atoms with E-state index < -0.39 is 0 Å². The van der Waals surface area contributed by atoms with Crippen LogP contribution in [-0.2, 0) is 6.54 Å². The first kappa shape index (κ1) is 11.0. The van der Waals surface area contributed by atoms with Crippen LogP contribution < -0.4 is 0 Å². The predicted molar refractivity (Wildman–Crippen MR) is 58.9 cm³/mol. The minimum absolute atomic E-state index is 0. The molecule has 68 valence electrons. The predicted octanol–water partition coefficient (Wildman–Crippen LogP) is 2.13. The van der Waals surface area contributed by atoms with Gasteiger partial charge in [0.15, 0.2) is 0 Å². The third-order valence-electron chi connectivity index (χ3n) is 2.45. The molecule has 0 atom stereocenters. The normalized spacial score (nSPS) is 16.9. The third kappa shape index (κ3) is 3.29. The summed E-state index contributed by atoms with van der Waals surface area (Å²) in [5.74, 6) is 0. The Balaban J connectivity index is 0. The average molecular weight is 188 g/mol. The monoisotopic (exact) mass is 187 g/mol. The first-order valence-corrected chi connectivity index (χ1v) is 4.71. The van der Waals surface area contributed by atoms with E-state index in [9.17, 15) is 0 Å². The molecule has 1 nitrogen and oxygen atoms in total. The summed E-state index contributed by atoms with van der Waals surface area (Å²) in [5, 5.41) is 0. The number of hydrogen-bond acceptors (Lipinski definition) is 1. The fraction of sp³-hybridized carbons (Fsp3) is 0.455. The summed E-state index contributed by atoms with van der Waals surface area (Å²) in [6.45, 7) is 3.71. The molecule has 0 bridgehead atoms. The van der Waals surface area contributed by atoms with E-state index in [0.29, 0.717) is 0 Å². The zero-order valence-corrected chi connectivity index (χ0v) is 9.49. The van der Waals surface area contributed by atoms with Crippen LogP contribution in [0.2, 0.25) is 0 Å². The first-order valence-electron chi connectivity index (χ1n) is 4.71. The Morgan fingerprint density at radius 1 is 1.08 bits per heavy atom. The second-order valence-corrected chi connectivity index (χ2v) is 3.47. The van der Waals surface area contributed by atoms with Crippen LogP contribution in [-0.4, -0.2) is 41.0 Å². The average Bonchev–Trinajstić information content (AvgIpc) is 2.59. The molecule has 13 heavy (non-hydrogen) atoms. The third-order valence-corrected chi connectivity index (χ3v) is 2.45. The molecule has 0 amide bonds. The maximum atomic E-state index is 2.52. The Morgan fingerprint density at radius 2 is 1.69 bits per heavy atom. The fourth-order valence-corrected chi connectivity index (χ4v) is 1.78. The van der Waals surface area contributed by atoms with Crippen molar-refractivity contribution in [2.75, 3.05) is 13.1 Å². The van der Waals surface area contributed by atoms with Crippen LogP contribution in [0.5, 0.6) is 0 Å². The van der Waals surface area contributed by atoms with Gasteiger partial charge in [0.2, 0.25) is 0 Å². The fourth-order valence-electron chi connectivity index (χ4n) is 1.78. The minimum Gasteiger partial charge on any atom is -1.00 e. The SMILES string of the molecule is [H-].[H-].[Mg+2].c1ccc(CN2CCCC2)cc1. The van der Waals surface area contributed by atoms with Crippen LogP contribution in [0.4, 0.5) is 0 Å². The minimum atomic E-state index is 0. The molecule has 1 aliphatic rings. The molecule has 2 rings (SSSR count). The van der Waals surface area contributed by atoms with E-state index >= 15 is 0 Å². The van der Waals surface area contributed by atoms with E-state index in [1.54, 1.807) is 0 Å². The van der Waals surface area contributed by atoms with E-state index in [1.165, 1.54) is 31.5 Å². The molecule has 1 heterocycles. The van der Waals surface area contributed by atoms with Gasteiger partial charge >= 0.3 is 23.1 Å². The molecule has 0 unspecified atom stereocenters. The molecule has 1 fully saturated rings. The summed E-state index contributed by atoms with van der Waals surface area (Å²) in [6, 6.07) is 10.7. The van der Waals surface area contributed by atoms with E-state index in [0.717, 1.165) is 6.54 Å². The van der Waals surface area contributed by atoms with Gasteiger partial charge in [0.05, 0.1) is 0 Å².